The Morgan fingerprint density at radius 2 is 1.59 bits per heavy atom. The summed E-state index contributed by atoms with van der Waals surface area (Å²) in [5, 5.41) is 0. The number of fused-ring (bicyclic) bond motifs is 1. The number of anilines is 1. The lowest BCUT2D eigenvalue weighted by atomic mass is 9.81. The van der Waals surface area contributed by atoms with Crippen LogP contribution in [0.15, 0.2) is 47.4 Å². The zero-order chi connectivity index (χ0) is 23.5. The first kappa shape index (κ1) is 23.4. The smallest absolute Gasteiger partial charge is 0.231 e. The molecule has 184 valence electrons. The third kappa shape index (κ3) is 5.33. The number of para-hydroxylation sites is 1. The molecule has 1 saturated carbocycles. The third-order valence-electron chi connectivity index (χ3n) is 7.54. The first-order chi connectivity index (χ1) is 16.5. The zero-order valence-electron chi connectivity index (χ0n) is 19.5. The van der Waals surface area contributed by atoms with Crippen LogP contribution in [0.5, 0.6) is 11.5 Å². The van der Waals surface area contributed by atoms with Crippen molar-refractivity contribution in [2.45, 2.75) is 37.0 Å². The molecule has 2 aliphatic heterocycles. The molecule has 2 aromatic rings. The van der Waals surface area contributed by atoms with Gasteiger partial charge in [0.05, 0.1) is 16.3 Å². The van der Waals surface area contributed by atoms with E-state index in [4.69, 9.17) is 9.47 Å². The molecule has 1 saturated heterocycles. The monoisotopic (exact) mass is 488 g/mol. The minimum atomic E-state index is -3.35. The maximum Gasteiger partial charge on any atom is 0.231 e. The van der Waals surface area contributed by atoms with Crippen LogP contribution in [0.4, 0.5) is 10.1 Å². The molecule has 0 radical (unpaired) electrons. The van der Waals surface area contributed by atoms with Gasteiger partial charge in [0, 0.05) is 26.2 Å². The van der Waals surface area contributed by atoms with Crippen LogP contribution in [0.25, 0.3) is 0 Å². The number of sulfone groups is 1. The average molecular weight is 489 g/mol. The molecule has 0 N–H and O–H groups in total. The standard InChI is InChI=1S/C26H33FN2O4S/c27-22-8-10-23(11-9-22)34(30,31)18-21-6-4-20(5-7-21)12-13-28-14-16-29(17-15-28)24-2-1-3-25-26(24)33-19-32-25/h1-3,8-11,20-21H,4-7,12-19H2. The summed E-state index contributed by atoms with van der Waals surface area (Å²) in [5.74, 6) is 2.34. The van der Waals surface area contributed by atoms with Gasteiger partial charge in [0.25, 0.3) is 0 Å². The Bertz CT molecular complexity index is 1080. The molecule has 5 rings (SSSR count). The number of hydrogen-bond donors (Lipinski definition) is 0. The highest BCUT2D eigenvalue weighted by Crippen LogP contribution is 2.41. The van der Waals surface area contributed by atoms with E-state index in [2.05, 4.69) is 15.9 Å². The fourth-order valence-corrected chi connectivity index (χ4v) is 7.17. The molecule has 1 aliphatic carbocycles. The molecular formula is C26H33FN2O4S. The summed E-state index contributed by atoms with van der Waals surface area (Å²) in [6.45, 7) is 5.43. The predicted molar refractivity (Wildman–Crippen MR) is 130 cm³/mol. The summed E-state index contributed by atoms with van der Waals surface area (Å²) < 4.78 is 49.6. The lowest BCUT2D eigenvalue weighted by molar-refractivity contribution is 0.173. The van der Waals surface area contributed by atoms with E-state index in [0.717, 1.165) is 75.6 Å². The van der Waals surface area contributed by atoms with Crippen LogP contribution < -0.4 is 14.4 Å². The lowest BCUT2D eigenvalue weighted by Crippen LogP contribution is -2.47. The second-order valence-corrected chi connectivity index (χ2v) is 11.8. The Balaban J connectivity index is 1.04. The van der Waals surface area contributed by atoms with Gasteiger partial charge in [-0.15, -0.1) is 0 Å². The van der Waals surface area contributed by atoms with Crippen molar-refractivity contribution < 1.29 is 22.3 Å². The SMILES string of the molecule is O=S(=O)(CC1CCC(CCN2CCN(c3cccc4c3OCO4)CC2)CC1)c1ccc(F)cc1. The van der Waals surface area contributed by atoms with E-state index < -0.39 is 15.7 Å². The highest BCUT2D eigenvalue weighted by molar-refractivity contribution is 7.91. The van der Waals surface area contributed by atoms with Crippen molar-refractivity contribution in [3.8, 4) is 11.5 Å². The number of rotatable bonds is 7. The largest absolute Gasteiger partial charge is 0.454 e. The van der Waals surface area contributed by atoms with E-state index in [0.29, 0.717) is 12.7 Å². The minimum Gasteiger partial charge on any atom is -0.454 e. The van der Waals surface area contributed by atoms with Crippen molar-refractivity contribution >= 4 is 15.5 Å². The van der Waals surface area contributed by atoms with Crippen molar-refractivity contribution in [3.05, 3.63) is 48.3 Å². The molecule has 6 nitrogen and oxygen atoms in total. The molecule has 0 amide bonds. The van der Waals surface area contributed by atoms with Crippen LogP contribution in [0.2, 0.25) is 0 Å². The Morgan fingerprint density at radius 3 is 2.32 bits per heavy atom. The Labute approximate surface area is 201 Å². The van der Waals surface area contributed by atoms with E-state index in [1.165, 1.54) is 30.7 Å². The molecule has 3 aliphatic rings. The normalized spacial score (nSPS) is 23.3. The second-order valence-electron chi connectivity index (χ2n) is 9.75. The minimum absolute atomic E-state index is 0.172. The van der Waals surface area contributed by atoms with E-state index >= 15 is 0 Å². The van der Waals surface area contributed by atoms with Crippen LogP contribution in [-0.4, -0.2) is 58.6 Å². The van der Waals surface area contributed by atoms with Gasteiger partial charge in [0.2, 0.25) is 6.79 Å². The molecule has 2 heterocycles. The summed E-state index contributed by atoms with van der Waals surface area (Å²) in [5.41, 5.74) is 1.13. The highest BCUT2D eigenvalue weighted by atomic mass is 32.2. The van der Waals surface area contributed by atoms with Gasteiger partial charge in [-0.2, -0.15) is 0 Å². The molecule has 0 aromatic heterocycles. The summed E-state index contributed by atoms with van der Waals surface area (Å²) >= 11 is 0. The number of nitrogens with zero attached hydrogens (tertiary/aromatic N) is 2. The molecule has 34 heavy (non-hydrogen) atoms. The van der Waals surface area contributed by atoms with Crippen molar-refractivity contribution in [2.24, 2.45) is 11.8 Å². The van der Waals surface area contributed by atoms with E-state index in [9.17, 15) is 12.8 Å². The maximum absolute atomic E-state index is 13.1. The van der Waals surface area contributed by atoms with Crippen molar-refractivity contribution in [1.82, 2.24) is 4.90 Å². The van der Waals surface area contributed by atoms with Crippen LogP contribution in [0.3, 0.4) is 0 Å². The number of ether oxygens (including phenoxy) is 2. The second kappa shape index (κ2) is 10.1. The number of halogens is 1. The fourth-order valence-electron chi connectivity index (χ4n) is 5.48. The van der Waals surface area contributed by atoms with Gasteiger partial charge in [-0.25, -0.2) is 12.8 Å². The van der Waals surface area contributed by atoms with Crippen LogP contribution in [0, 0.1) is 17.7 Å². The van der Waals surface area contributed by atoms with Crippen molar-refractivity contribution in [3.63, 3.8) is 0 Å². The average Bonchev–Trinajstić information content (AvgIpc) is 3.33. The van der Waals surface area contributed by atoms with E-state index in [1.54, 1.807) is 0 Å². The van der Waals surface area contributed by atoms with Crippen molar-refractivity contribution in [2.75, 3.05) is 50.2 Å². The Hall–Kier alpha value is -2.32. The summed E-state index contributed by atoms with van der Waals surface area (Å²) in [6.07, 6.45) is 5.28. The molecule has 2 fully saturated rings. The quantitative estimate of drug-likeness (QED) is 0.540. The maximum atomic E-state index is 13.1. The molecule has 2 aromatic carbocycles. The highest BCUT2D eigenvalue weighted by Gasteiger charge is 2.28. The van der Waals surface area contributed by atoms with Crippen LogP contribution in [-0.2, 0) is 9.84 Å². The van der Waals surface area contributed by atoms with Crippen molar-refractivity contribution in [1.29, 1.82) is 0 Å². The molecular weight excluding hydrogens is 455 g/mol. The molecule has 0 bridgehead atoms. The van der Waals surface area contributed by atoms with E-state index in [1.807, 2.05) is 12.1 Å². The first-order valence-electron chi connectivity index (χ1n) is 12.3. The number of benzene rings is 2. The first-order valence-corrected chi connectivity index (χ1v) is 14.0. The van der Waals surface area contributed by atoms with Gasteiger partial charge in [-0.05, 0) is 74.0 Å². The van der Waals surface area contributed by atoms with Gasteiger partial charge < -0.3 is 14.4 Å². The Kier molecular flexibility index (Phi) is 6.97. The summed E-state index contributed by atoms with van der Waals surface area (Å²) in [7, 11) is -3.35. The molecule has 0 spiro atoms. The molecule has 0 atom stereocenters. The number of piperazine rings is 1. The zero-order valence-corrected chi connectivity index (χ0v) is 20.3. The summed E-state index contributed by atoms with van der Waals surface area (Å²) in [4.78, 5) is 5.16. The van der Waals surface area contributed by atoms with Gasteiger partial charge in [0.15, 0.2) is 21.3 Å². The third-order valence-corrected chi connectivity index (χ3v) is 9.44. The molecule has 8 heteroatoms. The van der Waals surface area contributed by atoms with Gasteiger partial charge >= 0.3 is 0 Å². The van der Waals surface area contributed by atoms with Gasteiger partial charge in [-0.1, -0.05) is 18.9 Å². The fraction of sp³-hybridized carbons (Fsp3) is 0.538. The van der Waals surface area contributed by atoms with Gasteiger partial charge in [0.1, 0.15) is 5.82 Å². The van der Waals surface area contributed by atoms with Gasteiger partial charge in [-0.3, -0.25) is 4.90 Å². The predicted octanol–water partition coefficient (Wildman–Crippen LogP) is 4.35. The topological polar surface area (TPSA) is 59.1 Å². The summed E-state index contributed by atoms with van der Waals surface area (Å²) in [6, 6.07) is 11.3. The van der Waals surface area contributed by atoms with Crippen LogP contribution in [0.1, 0.15) is 32.1 Å². The van der Waals surface area contributed by atoms with E-state index in [-0.39, 0.29) is 16.6 Å². The molecule has 0 unspecified atom stereocenters. The Morgan fingerprint density at radius 1 is 0.882 bits per heavy atom. The number of hydrogen-bond acceptors (Lipinski definition) is 6. The van der Waals surface area contributed by atoms with Crippen LogP contribution >= 0.6 is 0 Å². The lowest BCUT2D eigenvalue weighted by Gasteiger charge is -2.37.